The number of carboxylic acid groups (broad SMARTS) is 1. The number of aliphatic hydroxyl groups is 11. The highest BCUT2D eigenvalue weighted by atomic mass is 16.8. The molecule has 0 aliphatic carbocycles. The highest BCUT2D eigenvalue weighted by molar-refractivity contribution is 5.76. The van der Waals surface area contributed by atoms with Gasteiger partial charge >= 0.3 is 5.97 Å². The van der Waals surface area contributed by atoms with Crippen molar-refractivity contribution < 1.29 is 94.6 Å². The Labute approximate surface area is 243 Å². The standard InChI is InChI=1S/C23H39NO19/c1-6(27)24-11-7(28)2-23(22(37)38,43-19(11)12(30)8(29)3-25)39-5-10-18(15(33)16(34)20(36)40-10)42-21-17(35)14(32)13(31)9(4-26)41-21/h7-21,25-26,28-36H,2-5H2,1H3,(H,24,27)(H,37,38). The molecular formula is C23H39NO19. The van der Waals surface area contributed by atoms with Gasteiger partial charge in [-0.25, -0.2) is 4.79 Å². The lowest BCUT2D eigenvalue weighted by atomic mass is 9.88. The van der Waals surface area contributed by atoms with Crippen LogP contribution >= 0.6 is 0 Å². The Morgan fingerprint density at radius 2 is 1.58 bits per heavy atom. The van der Waals surface area contributed by atoms with E-state index in [9.17, 15) is 70.9 Å². The van der Waals surface area contributed by atoms with Crippen molar-refractivity contribution in [1.82, 2.24) is 5.32 Å². The van der Waals surface area contributed by atoms with Crippen LogP contribution in [0.15, 0.2) is 0 Å². The number of rotatable bonds is 11. The van der Waals surface area contributed by atoms with Crippen molar-refractivity contribution in [3.63, 3.8) is 0 Å². The van der Waals surface area contributed by atoms with Crippen LogP contribution in [-0.4, -0.2) is 191 Å². The third-order valence-electron chi connectivity index (χ3n) is 7.47. The molecule has 0 aromatic rings. The first-order valence-electron chi connectivity index (χ1n) is 13.2. The van der Waals surface area contributed by atoms with Crippen molar-refractivity contribution in [2.75, 3.05) is 19.8 Å². The van der Waals surface area contributed by atoms with E-state index in [4.69, 9.17) is 23.7 Å². The highest BCUT2D eigenvalue weighted by Gasteiger charge is 2.57. The lowest BCUT2D eigenvalue weighted by Crippen LogP contribution is -2.68. The summed E-state index contributed by atoms with van der Waals surface area (Å²) in [4.78, 5) is 24.1. The molecule has 1 amide bonds. The van der Waals surface area contributed by atoms with E-state index in [1.165, 1.54) is 0 Å². The van der Waals surface area contributed by atoms with Crippen LogP contribution < -0.4 is 5.32 Å². The Morgan fingerprint density at radius 1 is 0.930 bits per heavy atom. The van der Waals surface area contributed by atoms with E-state index < -0.39 is 136 Å². The van der Waals surface area contributed by atoms with Gasteiger partial charge in [-0.15, -0.1) is 0 Å². The number of ether oxygens (including phenoxy) is 5. The number of nitrogens with one attached hydrogen (secondary N) is 1. The lowest BCUT2D eigenvalue weighted by molar-refractivity contribution is -0.365. The van der Waals surface area contributed by atoms with Crippen LogP contribution in [-0.2, 0) is 33.3 Å². The first-order valence-corrected chi connectivity index (χ1v) is 13.2. The highest BCUT2D eigenvalue weighted by Crippen LogP contribution is 2.35. The van der Waals surface area contributed by atoms with Gasteiger partial charge in [0.05, 0.1) is 32.0 Å². The van der Waals surface area contributed by atoms with Gasteiger partial charge in [0.25, 0.3) is 5.79 Å². The zero-order valence-electron chi connectivity index (χ0n) is 22.7. The molecule has 0 saturated carbocycles. The number of carbonyl (C=O) groups excluding carboxylic acids is 1. The third-order valence-corrected chi connectivity index (χ3v) is 7.47. The predicted octanol–water partition coefficient (Wildman–Crippen LogP) is -8.22. The summed E-state index contributed by atoms with van der Waals surface area (Å²) in [6.45, 7) is -1.77. The molecule has 16 unspecified atom stereocenters. The molecule has 20 heteroatoms. The summed E-state index contributed by atoms with van der Waals surface area (Å²) in [6, 6.07) is -1.49. The molecule has 3 saturated heterocycles. The number of hydrogen-bond donors (Lipinski definition) is 13. The molecule has 3 heterocycles. The van der Waals surface area contributed by atoms with Gasteiger partial charge in [0.2, 0.25) is 5.91 Å². The van der Waals surface area contributed by atoms with E-state index in [-0.39, 0.29) is 0 Å². The van der Waals surface area contributed by atoms with E-state index in [1.54, 1.807) is 0 Å². The number of aliphatic hydroxyl groups excluding tert-OH is 11. The van der Waals surface area contributed by atoms with Crippen molar-refractivity contribution in [2.24, 2.45) is 0 Å². The molecular weight excluding hydrogens is 594 g/mol. The molecule has 13 N–H and O–H groups in total. The summed E-state index contributed by atoms with van der Waals surface area (Å²) >= 11 is 0. The third kappa shape index (κ3) is 7.58. The molecule has 0 spiro atoms. The van der Waals surface area contributed by atoms with Gasteiger partial charge < -0.3 is 90.3 Å². The van der Waals surface area contributed by atoms with Crippen LogP contribution in [0.5, 0.6) is 0 Å². The van der Waals surface area contributed by atoms with Gasteiger partial charge in [0, 0.05) is 13.3 Å². The Kier molecular flexibility index (Phi) is 12.1. The average molecular weight is 634 g/mol. The molecule has 43 heavy (non-hydrogen) atoms. The molecule has 3 rings (SSSR count). The Hall–Kier alpha value is -1.70. The zero-order chi connectivity index (χ0) is 32.4. The molecule has 0 radical (unpaired) electrons. The molecule has 16 atom stereocenters. The fourth-order valence-corrected chi connectivity index (χ4v) is 5.05. The fraction of sp³-hybridized carbons (Fsp3) is 0.913. The molecule has 3 aliphatic rings. The van der Waals surface area contributed by atoms with Crippen molar-refractivity contribution in [3.8, 4) is 0 Å². The Bertz CT molecular complexity index is 942. The minimum absolute atomic E-state index is 0.725. The molecule has 20 nitrogen and oxygen atoms in total. The van der Waals surface area contributed by atoms with E-state index in [2.05, 4.69) is 5.32 Å². The summed E-state index contributed by atoms with van der Waals surface area (Å²) in [5.41, 5.74) is 0. The molecule has 0 aromatic heterocycles. The van der Waals surface area contributed by atoms with E-state index in [0.717, 1.165) is 6.92 Å². The zero-order valence-corrected chi connectivity index (χ0v) is 22.7. The van der Waals surface area contributed by atoms with Crippen LogP contribution in [0.3, 0.4) is 0 Å². The Morgan fingerprint density at radius 3 is 2.14 bits per heavy atom. The molecule has 3 aliphatic heterocycles. The average Bonchev–Trinajstić information content (AvgIpc) is 2.96. The van der Waals surface area contributed by atoms with Crippen LogP contribution in [0.1, 0.15) is 13.3 Å². The monoisotopic (exact) mass is 633 g/mol. The van der Waals surface area contributed by atoms with Crippen LogP contribution in [0.2, 0.25) is 0 Å². The summed E-state index contributed by atoms with van der Waals surface area (Å²) in [5.74, 6) is -5.46. The van der Waals surface area contributed by atoms with Gasteiger partial charge in [0.15, 0.2) is 12.6 Å². The van der Waals surface area contributed by atoms with Gasteiger partial charge in [-0.05, 0) is 0 Å². The van der Waals surface area contributed by atoms with Crippen molar-refractivity contribution in [1.29, 1.82) is 0 Å². The van der Waals surface area contributed by atoms with E-state index in [1.807, 2.05) is 0 Å². The number of carboxylic acids is 1. The number of aliphatic carboxylic acids is 1. The molecule has 0 aromatic carbocycles. The first-order chi connectivity index (χ1) is 20.1. The summed E-state index contributed by atoms with van der Waals surface area (Å²) < 4.78 is 26.9. The maximum absolute atomic E-state index is 12.4. The topological polar surface area (TPSA) is 335 Å². The fourth-order valence-electron chi connectivity index (χ4n) is 5.05. The normalized spacial score (nSPS) is 45.3. The smallest absolute Gasteiger partial charge is 0.364 e. The van der Waals surface area contributed by atoms with Crippen LogP contribution in [0.25, 0.3) is 0 Å². The largest absolute Gasteiger partial charge is 0.477 e. The summed E-state index contributed by atoms with van der Waals surface area (Å²) in [6.07, 6.45) is -27.1. The SMILES string of the molecule is CC(=O)NC1C(O)CC(OCC2OC(O)C(O)C(O)C2OC2OC(CO)C(O)C(O)C2O)(C(=O)O)OC1C(O)C(O)CO. The summed E-state index contributed by atoms with van der Waals surface area (Å²) in [7, 11) is 0. The lowest BCUT2D eigenvalue weighted by Gasteiger charge is -2.48. The minimum Gasteiger partial charge on any atom is -0.477 e. The van der Waals surface area contributed by atoms with Crippen molar-refractivity contribution in [3.05, 3.63) is 0 Å². The quantitative estimate of drug-likeness (QED) is 0.100. The van der Waals surface area contributed by atoms with E-state index >= 15 is 0 Å². The first kappa shape index (κ1) is 35.8. The van der Waals surface area contributed by atoms with Crippen molar-refractivity contribution in [2.45, 2.75) is 111 Å². The van der Waals surface area contributed by atoms with Gasteiger partial charge in [-0.1, -0.05) is 0 Å². The second kappa shape index (κ2) is 14.6. The maximum atomic E-state index is 12.4. The second-order valence-corrected chi connectivity index (χ2v) is 10.5. The molecule has 0 bridgehead atoms. The van der Waals surface area contributed by atoms with Crippen LogP contribution in [0, 0.1) is 0 Å². The van der Waals surface area contributed by atoms with Gasteiger partial charge in [-0.2, -0.15) is 0 Å². The number of hydrogen-bond acceptors (Lipinski definition) is 18. The second-order valence-electron chi connectivity index (χ2n) is 10.5. The summed E-state index contributed by atoms with van der Waals surface area (Å²) in [5, 5.41) is 123. The van der Waals surface area contributed by atoms with E-state index in [0.29, 0.717) is 0 Å². The minimum atomic E-state index is -2.85. The van der Waals surface area contributed by atoms with Crippen molar-refractivity contribution >= 4 is 11.9 Å². The maximum Gasteiger partial charge on any atom is 0.364 e. The van der Waals surface area contributed by atoms with Gasteiger partial charge in [-0.3, -0.25) is 4.79 Å². The predicted molar refractivity (Wildman–Crippen MR) is 130 cm³/mol. The molecule has 250 valence electrons. The van der Waals surface area contributed by atoms with Gasteiger partial charge in [0.1, 0.15) is 67.1 Å². The molecule has 3 fully saturated rings. The Balaban J connectivity index is 1.87. The number of carbonyl (C=O) groups is 2. The number of amides is 1. The van der Waals surface area contributed by atoms with Crippen LogP contribution in [0.4, 0.5) is 0 Å².